The molecule has 2 aromatic carbocycles. The quantitative estimate of drug-likeness (QED) is 0.582. The van der Waals surface area contributed by atoms with Crippen molar-refractivity contribution < 1.29 is 4.79 Å². The molecule has 1 N–H and O–H groups in total. The van der Waals surface area contributed by atoms with Crippen LogP contribution in [0.1, 0.15) is 5.56 Å². The lowest BCUT2D eigenvalue weighted by atomic mass is 10.2. The van der Waals surface area contributed by atoms with E-state index in [1.165, 1.54) is 10.9 Å². The number of halogens is 2. The van der Waals surface area contributed by atoms with Gasteiger partial charge < -0.3 is 0 Å². The third-order valence-electron chi connectivity index (χ3n) is 3.10. The van der Waals surface area contributed by atoms with Crippen molar-refractivity contribution in [2.75, 3.05) is 0 Å². The van der Waals surface area contributed by atoms with Gasteiger partial charge in [0.15, 0.2) is 0 Å². The Bertz CT molecular complexity index is 870. The van der Waals surface area contributed by atoms with Gasteiger partial charge in [0.25, 0.3) is 5.91 Å². The van der Waals surface area contributed by atoms with Crippen molar-refractivity contribution in [1.82, 2.24) is 20.4 Å². The van der Waals surface area contributed by atoms with Crippen LogP contribution in [0, 0.1) is 0 Å². The average Bonchev–Trinajstić information content (AvgIpc) is 2.93. The van der Waals surface area contributed by atoms with Gasteiger partial charge in [-0.05, 0) is 24.3 Å². The molecule has 116 valence electrons. The number of carbonyl (C=O) groups excluding carboxylic acids is 1. The second-order valence-electron chi connectivity index (χ2n) is 4.66. The second kappa shape index (κ2) is 6.76. The first kappa shape index (κ1) is 15.5. The van der Waals surface area contributed by atoms with Gasteiger partial charge in [-0.3, -0.25) is 4.79 Å². The molecule has 0 aliphatic carbocycles. The van der Waals surface area contributed by atoms with Crippen LogP contribution in [-0.2, 0) is 11.3 Å². The predicted octanol–water partition coefficient (Wildman–Crippen LogP) is 2.89. The SMILES string of the molecule is O=C(Cn1nnc2ccccc21)N/N=C\c1c(Cl)cccc1Cl. The summed E-state index contributed by atoms with van der Waals surface area (Å²) < 4.78 is 1.50. The second-order valence-corrected chi connectivity index (χ2v) is 5.48. The molecule has 0 atom stereocenters. The first-order valence-electron chi connectivity index (χ1n) is 6.69. The third-order valence-corrected chi connectivity index (χ3v) is 3.76. The van der Waals surface area contributed by atoms with Crippen molar-refractivity contribution in [1.29, 1.82) is 0 Å². The van der Waals surface area contributed by atoms with Crippen LogP contribution in [0.15, 0.2) is 47.6 Å². The minimum atomic E-state index is -0.333. The van der Waals surface area contributed by atoms with E-state index in [2.05, 4.69) is 20.8 Å². The Balaban J connectivity index is 1.67. The summed E-state index contributed by atoms with van der Waals surface area (Å²) in [5.41, 5.74) is 4.46. The summed E-state index contributed by atoms with van der Waals surface area (Å²) in [6.45, 7) is 0.00804. The maximum absolute atomic E-state index is 11.9. The van der Waals surface area contributed by atoms with E-state index in [1.54, 1.807) is 18.2 Å². The Morgan fingerprint density at radius 1 is 1.17 bits per heavy atom. The molecule has 0 aliphatic rings. The first-order valence-corrected chi connectivity index (χ1v) is 7.45. The smallest absolute Gasteiger partial charge is 0.261 e. The highest BCUT2D eigenvalue weighted by Gasteiger charge is 2.08. The number of hydrazone groups is 1. The number of hydrogen-bond donors (Lipinski definition) is 1. The molecule has 0 spiro atoms. The van der Waals surface area contributed by atoms with Gasteiger partial charge in [0.2, 0.25) is 0 Å². The van der Waals surface area contributed by atoms with Crippen molar-refractivity contribution in [3.63, 3.8) is 0 Å². The molecule has 3 rings (SSSR count). The predicted molar refractivity (Wildman–Crippen MR) is 89.7 cm³/mol. The zero-order chi connectivity index (χ0) is 16.2. The Morgan fingerprint density at radius 3 is 2.70 bits per heavy atom. The maximum atomic E-state index is 11.9. The topological polar surface area (TPSA) is 72.2 Å². The molecule has 0 aliphatic heterocycles. The fraction of sp³-hybridized carbons (Fsp3) is 0.0667. The number of nitrogens with zero attached hydrogens (tertiary/aromatic N) is 4. The van der Waals surface area contributed by atoms with E-state index in [1.807, 2.05) is 24.3 Å². The molecule has 1 heterocycles. The van der Waals surface area contributed by atoms with Crippen LogP contribution in [0.4, 0.5) is 0 Å². The molecular weight excluding hydrogens is 337 g/mol. The summed E-state index contributed by atoms with van der Waals surface area (Å²) in [7, 11) is 0. The molecular formula is C15H11Cl2N5O. The Labute approximate surface area is 141 Å². The van der Waals surface area contributed by atoms with Gasteiger partial charge in [0.1, 0.15) is 12.1 Å². The summed E-state index contributed by atoms with van der Waals surface area (Å²) in [6.07, 6.45) is 1.40. The number of benzene rings is 2. The molecule has 3 aromatic rings. The molecule has 1 aromatic heterocycles. The molecule has 0 radical (unpaired) electrons. The largest absolute Gasteiger partial charge is 0.271 e. The molecule has 0 saturated carbocycles. The number of amides is 1. The minimum absolute atomic E-state index is 0.00804. The molecule has 23 heavy (non-hydrogen) atoms. The van der Waals surface area contributed by atoms with E-state index in [0.717, 1.165) is 11.0 Å². The van der Waals surface area contributed by atoms with Crippen molar-refractivity contribution in [2.24, 2.45) is 5.10 Å². The highest BCUT2D eigenvalue weighted by Crippen LogP contribution is 2.21. The molecule has 0 bridgehead atoms. The van der Waals surface area contributed by atoms with Crippen LogP contribution in [0.25, 0.3) is 11.0 Å². The lowest BCUT2D eigenvalue weighted by Crippen LogP contribution is -2.23. The number of nitrogens with one attached hydrogen (secondary N) is 1. The van der Waals surface area contributed by atoms with Gasteiger partial charge in [0, 0.05) is 5.56 Å². The zero-order valence-corrected chi connectivity index (χ0v) is 13.3. The van der Waals surface area contributed by atoms with Crippen LogP contribution >= 0.6 is 23.2 Å². The number of para-hydroxylation sites is 1. The van der Waals surface area contributed by atoms with Gasteiger partial charge in [0.05, 0.1) is 21.8 Å². The van der Waals surface area contributed by atoms with Crippen LogP contribution in [0.2, 0.25) is 10.0 Å². The van der Waals surface area contributed by atoms with Crippen LogP contribution < -0.4 is 5.43 Å². The van der Waals surface area contributed by atoms with Gasteiger partial charge in [-0.2, -0.15) is 5.10 Å². The molecule has 8 heteroatoms. The number of aromatic nitrogens is 3. The van der Waals surface area contributed by atoms with Gasteiger partial charge in [-0.15, -0.1) is 5.10 Å². The normalized spacial score (nSPS) is 11.2. The van der Waals surface area contributed by atoms with Gasteiger partial charge >= 0.3 is 0 Å². The monoisotopic (exact) mass is 347 g/mol. The summed E-state index contributed by atoms with van der Waals surface area (Å²) in [5.74, 6) is -0.333. The third kappa shape index (κ3) is 3.49. The van der Waals surface area contributed by atoms with Gasteiger partial charge in [-0.1, -0.05) is 46.6 Å². The van der Waals surface area contributed by atoms with E-state index in [9.17, 15) is 4.79 Å². The standard InChI is InChI=1S/C15H11Cl2N5O/c16-11-4-3-5-12(17)10(11)8-18-20-15(23)9-22-14-7-2-1-6-13(14)19-21-22/h1-8H,9H2,(H,20,23)/b18-8-. The highest BCUT2D eigenvalue weighted by molar-refractivity contribution is 6.38. The minimum Gasteiger partial charge on any atom is -0.271 e. The van der Waals surface area contributed by atoms with Crippen LogP contribution in [-0.4, -0.2) is 27.1 Å². The van der Waals surface area contributed by atoms with E-state index in [4.69, 9.17) is 23.2 Å². The summed E-state index contributed by atoms with van der Waals surface area (Å²) >= 11 is 12.0. The Kier molecular flexibility index (Phi) is 4.55. The average molecular weight is 348 g/mol. The lowest BCUT2D eigenvalue weighted by Gasteiger charge is -2.02. The number of hydrogen-bond acceptors (Lipinski definition) is 4. The molecule has 0 unspecified atom stereocenters. The van der Waals surface area contributed by atoms with Crippen molar-refractivity contribution in [2.45, 2.75) is 6.54 Å². The molecule has 1 amide bonds. The van der Waals surface area contributed by atoms with E-state index in [-0.39, 0.29) is 12.5 Å². The molecule has 0 saturated heterocycles. The lowest BCUT2D eigenvalue weighted by molar-refractivity contribution is -0.121. The van der Waals surface area contributed by atoms with E-state index in [0.29, 0.717) is 15.6 Å². The highest BCUT2D eigenvalue weighted by atomic mass is 35.5. The summed E-state index contributed by atoms with van der Waals surface area (Å²) in [4.78, 5) is 11.9. The first-order chi connectivity index (χ1) is 11.1. The maximum Gasteiger partial charge on any atom is 0.261 e. The number of fused-ring (bicyclic) bond motifs is 1. The fourth-order valence-electron chi connectivity index (χ4n) is 2.01. The van der Waals surface area contributed by atoms with Gasteiger partial charge in [-0.25, -0.2) is 10.1 Å². The molecule has 6 nitrogen and oxygen atoms in total. The zero-order valence-electron chi connectivity index (χ0n) is 11.8. The number of carbonyl (C=O) groups is 1. The Hall–Kier alpha value is -2.44. The van der Waals surface area contributed by atoms with Crippen LogP contribution in [0.5, 0.6) is 0 Å². The number of rotatable bonds is 4. The Morgan fingerprint density at radius 2 is 1.91 bits per heavy atom. The van der Waals surface area contributed by atoms with Crippen molar-refractivity contribution >= 4 is 46.4 Å². The van der Waals surface area contributed by atoms with E-state index >= 15 is 0 Å². The van der Waals surface area contributed by atoms with Crippen molar-refractivity contribution in [3.8, 4) is 0 Å². The van der Waals surface area contributed by atoms with Crippen molar-refractivity contribution in [3.05, 3.63) is 58.1 Å². The van der Waals surface area contributed by atoms with E-state index < -0.39 is 0 Å². The summed E-state index contributed by atoms with van der Waals surface area (Å²) in [5, 5.41) is 12.7. The fourth-order valence-corrected chi connectivity index (χ4v) is 2.50. The summed E-state index contributed by atoms with van der Waals surface area (Å²) in [6, 6.07) is 12.5. The molecule has 0 fully saturated rings. The van der Waals surface area contributed by atoms with Crippen LogP contribution in [0.3, 0.4) is 0 Å².